The molecule has 2 atom stereocenters. The van der Waals surface area contributed by atoms with Gasteiger partial charge in [0.2, 0.25) is 0 Å². The molecular weight excluding hydrogens is 196 g/mol. The van der Waals surface area contributed by atoms with E-state index in [0.29, 0.717) is 13.0 Å². The van der Waals surface area contributed by atoms with Gasteiger partial charge in [-0.05, 0) is 19.3 Å². The van der Waals surface area contributed by atoms with Gasteiger partial charge in [-0.25, -0.2) is 0 Å². The van der Waals surface area contributed by atoms with Crippen molar-refractivity contribution in [3.05, 3.63) is 0 Å². The predicted octanol–water partition coefficient (Wildman–Crippen LogP) is 1.48. The third kappa shape index (κ3) is 1.47. The molecule has 0 radical (unpaired) electrons. The molecule has 0 aromatic heterocycles. The number of hydrogen-bond acceptors (Lipinski definition) is 4. The van der Waals surface area contributed by atoms with E-state index in [1.807, 2.05) is 0 Å². The molecule has 0 spiro atoms. The van der Waals surface area contributed by atoms with Gasteiger partial charge in [0.15, 0.2) is 5.79 Å². The van der Waals surface area contributed by atoms with Crippen molar-refractivity contribution in [2.75, 3.05) is 20.8 Å². The zero-order valence-electron chi connectivity index (χ0n) is 9.38. The Kier molecular flexibility index (Phi) is 2.73. The van der Waals surface area contributed by atoms with Crippen LogP contribution in [0, 0.1) is 5.41 Å². The molecule has 2 rings (SSSR count). The first-order valence-electron chi connectivity index (χ1n) is 5.44. The van der Waals surface area contributed by atoms with Gasteiger partial charge in [0.25, 0.3) is 0 Å². The number of rotatable bonds is 3. The van der Waals surface area contributed by atoms with Crippen molar-refractivity contribution in [3.8, 4) is 0 Å². The van der Waals surface area contributed by atoms with Gasteiger partial charge in [0.05, 0.1) is 20.1 Å². The number of methoxy groups -OCH3 is 2. The second-order valence-electron chi connectivity index (χ2n) is 4.44. The highest BCUT2D eigenvalue weighted by molar-refractivity contribution is 5.70. The van der Waals surface area contributed by atoms with Gasteiger partial charge in [-0.3, -0.25) is 4.79 Å². The molecule has 4 heteroatoms. The Hall–Kier alpha value is -0.610. The minimum Gasteiger partial charge on any atom is -0.469 e. The van der Waals surface area contributed by atoms with E-state index in [1.54, 1.807) is 7.11 Å². The summed E-state index contributed by atoms with van der Waals surface area (Å²) in [4.78, 5) is 11.4. The molecule has 0 N–H and O–H groups in total. The van der Waals surface area contributed by atoms with E-state index in [1.165, 1.54) is 7.11 Å². The Balaban J connectivity index is 2.20. The lowest BCUT2D eigenvalue weighted by Gasteiger charge is -2.36. The molecule has 1 saturated heterocycles. The minimum absolute atomic E-state index is 0.144. The van der Waals surface area contributed by atoms with Gasteiger partial charge >= 0.3 is 5.97 Å². The second kappa shape index (κ2) is 3.76. The number of carbonyl (C=O) groups excluding carboxylic acids is 1. The van der Waals surface area contributed by atoms with Crippen molar-refractivity contribution in [2.45, 2.75) is 37.9 Å². The maximum absolute atomic E-state index is 11.4. The quantitative estimate of drug-likeness (QED) is 0.667. The van der Waals surface area contributed by atoms with Gasteiger partial charge in [0, 0.05) is 18.9 Å². The first-order chi connectivity index (χ1) is 7.18. The number of carbonyl (C=O) groups is 1. The lowest BCUT2D eigenvalue weighted by atomic mass is 9.77. The third-order valence-corrected chi connectivity index (χ3v) is 3.93. The van der Waals surface area contributed by atoms with E-state index >= 15 is 0 Å². The molecule has 2 aliphatic rings. The summed E-state index contributed by atoms with van der Waals surface area (Å²) in [6, 6.07) is 0. The molecule has 1 aliphatic heterocycles. The van der Waals surface area contributed by atoms with Crippen LogP contribution in [0.5, 0.6) is 0 Å². The van der Waals surface area contributed by atoms with Crippen molar-refractivity contribution in [3.63, 3.8) is 0 Å². The van der Waals surface area contributed by atoms with Gasteiger partial charge in [-0.1, -0.05) is 0 Å². The fraction of sp³-hybridized carbons (Fsp3) is 0.909. The normalized spacial score (nSPS) is 39.1. The largest absolute Gasteiger partial charge is 0.469 e. The lowest BCUT2D eigenvalue weighted by molar-refractivity contribution is -0.234. The Morgan fingerprint density at radius 2 is 2.13 bits per heavy atom. The Morgan fingerprint density at radius 1 is 1.33 bits per heavy atom. The summed E-state index contributed by atoms with van der Waals surface area (Å²) in [6.07, 6.45) is 4.26. The van der Waals surface area contributed by atoms with Crippen LogP contribution in [-0.2, 0) is 19.0 Å². The molecule has 2 unspecified atom stereocenters. The summed E-state index contributed by atoms with van der Waals surface area (Å²) in [5, 5.41) is 0. The predicted molar refractivity (Wildman–Crippen MR) is 53.2 cm³/mol. The third-order valence-electron chi connectivity index (χ3n) is 3.93. The topological polar surface area (TPSA) is 44.8 Å². The summed E-state index contributed by atoms with van der Waals surface area (Å²) < 4.78 is 16.0. The SMILES string of the molecule is COC(=O)CC12CCCC1(OC)OCC2. The molecule has 2 fully saturated rings. The summed E-state index contributed by atoms with van der Waals surface area (Å²) in [6.45, 7) is 0.685. The van der Waals surface area contributed by atoms with Crippen LogP contribution in [0.25, 0.3) is 0 Å². The van der Waals surface area contributed by atoms with Crippen LogP contribution in [0.3, 0.4) is 0 Å². The van der Waals surface area contributed by atoms with Crippen molar-refractivity contribution < 1.29 is 19.0 Å². The highest BCUT2D eigenvalue weighted by Gasteiger charge is 2.60. The van der Waals surface area contributed by atoms with Crippen LogP contribution in [0.1, 0.15) is 32.1 Å². The van der Waals surface area contributed by atoms with E-state index in [9.17, 15) is 4.79 Å². The van der Waals surface area contributed by atoms with Crippen LogP contribution in [0.4, 0.5) is 0 Å². The monoisotopic (exact) mass is 214 g/mol. The molecule has 0 amide bonds. The molecule has 0 bridgehead atoms. The number of esters is 1. The summed E-state index contributed by atoms with van der Waals surface area (Å²) in [7, 11) is 3.10. The summed E-state index contributed by atoms with van der Waals surface area (Å²) >= 11 is 0. The van der Waals surface area contributed by atoms with Gasteiger partial charge < -0.3 is 14.2 Å². The lowest BCUT2D eigenvalue weighted by Crippen LogP contribution is -2.43. The summed E-state index contributed by atoms with van der Waals surface area (Å²) in [5.41, 5.74) is -0.144. The molecule has 15 heavy (non-hydrogen) atoms. The first kappa shape index (κ1) is 10.9. The minimum atomic E-state index is -0.527. The van der Waals surface area contributed by atoms with Crippen LogP contribution < -0.4 is 0 Å². The van der Waals surface area contributed by atoms with E-state index < -0.39 is 5.79 Å². The fourth-order valence-corrected chi connectivity index (χ4v) is 3.10. The van der Waals surface area contributed by atoms with Crippen LogP contribution >= 0.6 is 0 Å². The average molecular weight is 214 g/mol. The molecule has 1 heterocycles. The fourth-order valence-electron chi connectivity index (χ4n) is 3.10. The number of ether oxygens (including phenoxy) is 3. The van der Waals surface area contributed by atoms with E-state index in [2.05, 4.69) is 0 Å². The molecule has 86 valence electrons. The van der Waals surface area contributed by atoms with Crippen molar-refractivity contribution in [1.82, 2.24) is 0 Å². The molecular formula is C11H18O4. The first-order valence-corrected chi connectivity index (χ1v) is 5.44. The van der Waals surface area contributed by atoms with E-state index in [-0.39, 0.29) is 11.4 Å². The van der Waals surface area contributed by atoms with Gasteiger partial charge in [-0.15, -0.1) is 0 Å². The summed E-state index contributed by atoms with van der Waals surface area (Å²) in [5.74, 6) is -0.690. The maximum Gasteiger partial charge on any atom is 0.306 e. The number of fused-ring (bicyclic) bond motifs is 1. The zero-order chi connectivity index (χ0) is 10.9. The standard InChI is InChI=1S/C11H18O4/c1-13-9(12)8-10-4-3-5-11(10,14-2)15-7-6-10/h3-8H2,1-2H3. The van der Waals surface area contributed by atoms with Crippen LogP contribution in [0.2, 0.25) is 0 Å². The molecule has 1 saturated carbocycles. The van der Waals surface area contributed by atoms with Crippen molar-refractivity contribution in [2.24, 2.45) is 5.41 Å². The van der Waals surface area contributed by atoms with E-state index in [4.69, 9.17) is 14.2 Å². The maximum atomic E-state index is 11.4. The average Bonchev–Trinajstić information content (AvgIpc) is 2.72. The van der Waals surface area contributed by atoms with E-state index in [0.717, 1.165) is 25.7 Å². The van der Waals surface area contributed by atoms with Gasteiger partial charge in [0.1, 0.15) is 0 Å². The van der Waals surface area contributed by atoms with Crippen molar-refractivity contribution >= 4 is 5.97 Å². The molecule has 4 nitrogen and oxygen atoms in total. The van der Waals surface area contributed by atoms with Crippen LogP contribution in [0.15, 0.2) is 0 Å². The molecule has 1 aliphatic carbocycles. The Labute approximate surface area is 89.9 Å². The Bertz CT molecular complexity index is 251. The number of hydrogen-bond donors (Lipinski definition) is 0. The smallest absolute Gasteiger partial charge is 0.306 e. The van der Waals surface area contributed by atoms with Gasteiger partial charge in [-0.2, -0.15) is 0 Å². The molecule has 0 aromatic rings. The van der Waals surface area contributed by atoms with Crippen LogP contribution in [-0.4, -0.2) is 32.6 Å². The highest BCUT2D eigenvalue weighted by atomic mass is 16.7. The molecule has 0 aromatic carbocycles. The van der Waals surface area contributed by atoms with Crippen molar-refractivity contribution in [1.29, 1.82) is 0 Å². The second-order valence-corrected chi connectivity index (χ2v) is 4.44. The zero-order valence-corrected chi connectivity index (χ0v) is 9.38. The Morgan fingerprint density at radius 3 is 2.80 bits per heavy atom. The highest BCUT2D eigenvalue weighted by Crippen LogP contribution is 2.57.